The third-order valence-corrected chi connectivity index (χ3v) is 5.57. The number of oxime groups is 1. The zero-order valence-corrected chi connectivity index (χ0v) is 19.0. The van der Waals surface area contributed by atoms with Gasteiger partial charge in [-0.1, -0.05) is 50.4 Å². The number of halogens is 1. The Kier molecular flexibility index (Phi) is 8.02. The van der Waals surface area contributed by atoms with Gasteiger partial charge in [-0.15, -0.1) is 0 Å². The number of hydrogen-bond acceptors (Lipinski definition) is 6. The molecule has 33 heavy (non-hydrogen) atoms. The molecule has 0 bridgehead atoms. The molecule has 0 saturated heterocycles. The van der Waals surface area contributed by atoms with Gasteiger partial charge >= 0.3 is 5.69 Å². The van der Waals surface area contributed by atoms with Crippen LogP contribution in [-0.4, -0.2) is 33.8 Å². The minimum Gasteiger partial charge on any atom is -0.383 e. The van der Waals surface area contributed by atoms with E-state index in [9.17, 15) is 18.8 Å². The van der Waals surface area contributed by atoms with Gasteiger partial charge in [-0.05, 0) is 25.0 Å². The molecule has 0 spiro atoms. The number of carbonyl (C=O) groups excluding carboxylic acids is 1. The van der Waals surface area contributed by atoms with Crippen molar-refractivity contribution in [3.05, 3.63) is 56.5 Å². The Morgan fingerprint density at radius 2 is 2.03 bits per heavy atom. The zero-order valence-electron chi connectivity index (χ0n) is 19.0. The second-order valence-electron chi connectivity index (χ2n) is 8.04. The average molecular weight is 460 g/mol. The number of unbranched alkanes of at least 4 members (excludes halogenated alkanes) is 3. The summed E-state index contributed by atoms with van der Waals surface area (Å²) in [6.45, 7) is 4.56. The Balaban J connectivity index is 1.91. The number of nitrogens with one attached hydrogen (secondary N) is 1. The van der Waals surface area contributed by atoms with Gasteiger partial charge in [-0.3, -0.25) is 19.1 Å². The van der Waals surface area contributed by atoms with Crippen molar-refractivity contribution in [3.63, 3.8) is 0 Å². The quantitative estimate of drug-likeness (QED) is 0.529. The lowest BCUT2D eigenvalue weighted by Crippen LogP contribution is -2.45. The fourth-order valence-electron chi connectivity index (χ4n) is 3.75. The molecule has 2 heterocycles. The van der Waals surface area contributed by atoms with Crippen LogP contribution in [0.25, 0.3) is 0 Å². The summed E-state index contributed by atoms with van der Waals surface area (Å²) in [4.78, 5) is 47.5. The van der Waals surface area contributed by atoms with E-state index in [0.717, 1.165) is 19.3 Å². The monoisotopic (exact) mass is 459 g/mol. The summed E-state index contributed by atoms with van der Waals surface area (Å²) in [6, 6.07) is 5.88. The molecule has 1 amide bonds. The lowest BCUT2D eigenvalue weighted by Gasteiger charge is -2.26. The van der Waals surface area contributed by atoms with Crippen LogP contribution >= 0.6 is 0 Å². The first-order chi connectivity index (χ1) is 15.9. The molecule has 1 atom stereocenters. The largest absolute Gasteiger partial charge is 0.383 e. The average Bonchev–Trinajstić information content (AvgIpc) is 3.28. The fourth-order valence-corrected chi connectivity index (χ4v) is 3.75. The smallest absolute Gasteiger partial charge is 0.330 e. The first kappa shape index (κ1) is 24.2. The van der Waals surface area contributed by atoms with E-state index in [1.807, 2.05) is 13.8 Å². The van der Waals surface area contributed by atoms with Crippen molar-refractivity contribution in [2.45, 2.75) is 65.0 Å². The molecule has 1 aromatic heterocycles. The number of H-pyrrole nitrogens is 1. The maximum Gasteiger partial charge on any atom is 0.330 e. The highest BCUT2D eigenvalue weighted by molar-refractivity contribution is 6.07. The summed E-state index contributed by atoms with van der Waals surface area (Å²) in [5.74, 6) is -0.953. The number of nitrogen functional groups attached to an aromatic ring is 1. The highest BCUT2D eigenvalue weighted by atomic mass is 19.1. The SMILES string of the molecule is CCCCCN(C(=O)C1CC(c2cccc(F)c2)=NO1)c1c(N)n(CCCC)c(=O)[nH]c1=O. The molecule has 0 saturated carbocycles. The van der Waals surface area contributed by atoms with Crippen LogP contribution in [0, 0.1) is 5.82 Å². The molecule has 178 valence electrons. The van der Waals surface area contributed by atoms with E-state index in [1.165, 1.54) is 21.6 Å². The van der Waals surface area contributed by atoms with Gasteiger partial charge in [0.15, 0.2) is 5.69 Å². The second-order valence-corrected chi connectivity index (χ2v) is 8.04. The zero-order chi connectivity index (χ0) is 24.0. The Morgan fingerprint density at radius 3 is 2.73 bits per heavy atom. The molecular formula is C23H30FN5O4. The van der Waals surface area contributed by atoms with Crippen molar-refractivity contribution in [3.8, 4) is 0 Å². The van der Waals surface area contributed by atoms with Crippen molar-refractivity contribution in [1.29, 1.82) is 0 Å². The van der Waals surface area contributed by atoms with Crippen LogP contribution in [0.2, 0.25) is 0 Å². The number of anilines is 2. The highest BCUT2D eigenvalue weighted by Crippen LogP contribution is 2.24. The summed E-state index contributed by atoms with van der Waals surface area (Å²) in [5, 5.41) is 3.97. The maximum atomic E-state index is 13.6. The molecule has 9 nitrogen and oxygen atoms in total. The normalized spacial score (nSPS) is 15.2. The number of aromatic nitrogens is 2. The van der Waals surface area contributed by atoms with Gasteiger partial charge in [0.1, 0.15) is 11.6 Å². The predicted molar refractivity (Wildman–Crippen MR) is 125 cm³/mol. The second kappa shape index (κ2) is 10.9. The first-order valence-corrected chi connectivity index (χ1v) is 11.3. The number of benzene rings is 1. The maximum absolute atomic E-state index is 13.6. The fraction of sp³-hybridized carbons (Fsp3) is 0.478. The number of carbonyl (C=O) groups is 1. The van der Waals surface area contributed by atoms with E-state index >= 15 is 0 Å². The van der Waals surface area contributed by atoms with E-state index in [-0.39, 0.29) is 24.5 Å². The molecule has 3 N–H and O–H groups in total. The summed E-state index contributed by atoms with van der Waals surface area (Å²) < 4.78 is 14.9. The van der Waals surface area contributed by atoms with E-state index < -0.39 is 29.1 Å². The number of nitrogens with zero attached hydrogens (tertiary/aromatic N) is 3. The van der Waals surface area contributed by atoms with Crippen LogP contribution in [0.5, 0.6) is 0 Å². The van der Waals surface area contributed by atoms with Gasteiger partial charge in [-0.25, -0.2) is 9.18 Å². The van der Waals surface area contributed by atoms with Crippen molar-refractivity contribution in [2.24, 2.45) is 5.16 Å². The van der Waals surface area contributed by atoms with E-state index in [0.29, 0.717) is 30.7 Å². The van der Waals surface area contributed by atoms with Crippen LogP contribution in [0.3, 0.4) is 0 Å². The lowest BCUT2D eigenvalue weighted by molar-refractivity contribution is -0.128. The van der Waals surface area contributed by atoms with Gasteiger partial charge in [0.05, 0.1) is 5.71 Å². The van der Waals surface area contributed by atoms with Gasteiger partial charge < -0.3 is 15.5 Å². The van der Waals surface area contributed by atoms with Crippen molar-refractivity contribution in [2.75, 3.05) is 17.2 Å². The molecule has 1 aromatic carbocycles. The molecule has 2 aromatic rings. The van der Waals surface area contributed by atoms with Crippen molar-refractivity contribution >= 4 is 23.1 Å². The number of aromatic amines is 1. The van der Waals surface area contributed by atoms with E-state index in [2.05, 4.69) is 10.1 Å². The Labute approximate surface area is 191 Å². The van der Waals surface area contributed by atoms with Crippen LogP contribution in [0.15, 0.2) is 39.0 Å². The topological polar surface area (TPSA) is 123 Å². The van der Waals surface area contributed by atoms with Crippen LogP contribution < -0.4 is 21.9 Å². The number of hydrogen-bond donors (Lipinski definition) is 2. The number of nitrogens with two attached hydrogens (primary N) is 1. The third-order valence-electron chi connectivity index (χ3n) is 5.57. The molecule has 3 rings (SSSR count). The number of amides is 1. The van der Waals surface area contributed by atoms with Crippen molar-refractivity contribution < 1.29 is 14.0 Å². The Morgan fingerprint density at radius 1 is 1.27 bits per heavy atom. The molecular weight excluding hydrogens is 429 g/mol. The van der Waals surface area contributed by atoms with Gasteiger partial charge in [-0.2, -0.15) is 0 Å². The molecule has 0 radical (unpaired) electrons. The van der Waals surface area contributed by atoms with E-state index in [1.54, 1.807) is 12.1 Å². The van der Waals surface area contributed by atoms with Crippen LogP contribution in [0.1, 0.15) is 57.9 Å². The molecule has 1 unspecified atom stereocenters. The van der Waals surface area contributed by atoms with Gasteiger partial charge in [0, 0.05) is 25.1 Å². The third kappa shape index (κ3) is 5.50. The molecule has 0 fully saturated rings. The Bertz CT molecular complexity index is 1140. The lowest BCUT2D eigenvalue weighted by atomic mass is 10.0. The molecule has 1 aliphatic rings. The van der Waals surface area contributed by atoms with Crippen LogP contribution in [0.4, 0.5) is 15.9 Å². The first-order valence-electron chi connectivity index (χ1n) is 11.3. The summed E-state index contributed by atoms with van der Waals surface area (Å²) >= 11 is 0. The summed E-state index contributed by atoms with van der Waals surface area (Å²) in [5.41, 5.74) is 5.81. The minimum absolute atomic E-state index is 0.0497. The molecule has 10 heteroatoms. The van der Waals surface area contributed by atoms with Crippen molar-refractivity contribution in [1.82, 2.24) is 9.55 Å². The molecule has 1 aliphatic heterocycles. The molecule has 0 aliphatic carbocycles. The highest BCUT2D eigenvalue weighted by Gasteiger charge is 2.35. The summed E-state index contributed by atoms with van der Waals surface area (Å²) in [6.07, 6.45) is 3.05. The summed E-state index contributed by atoms with van der Waals surface area (Å²) in [7, 11) is 0. The Hall–Kier alpha value is -3.43. The van der Waals surface area contributed by atoms with E-state index in [4.69, 9.17) is 10.6 Å². The minimum atomic E-state index is -0.986. The number of rotatable bonds is 10. The predicted octanol–water partition coefficient (Wildman–Crippen LogP) is 2.77. The van der Waals surface area contributed by atoms with Gasteiger partial charge in [0.2, 0.25) is 6.10 Å². The van der Waals surface area contributed by atoms with Crippen LogP contribution in [-0.2, 0) is 16.2 Å². The van der Waals surface area contributed by atoms with Gasteiger partial charge in [0.25, 0.3) is 11.5 Å². The standard InChI is InChI=1S/C23H30FN5O4/c1-3-5-7-12-28(19-20(25)29(11-6-4-2)23(32)26-21(19)30)22(31)18-14-17(27-33-18)15-9-8-10-16(24)13-15/h8-10,13,18H,3-7,11-12,14,25H2,1-2H3,(H,26,30,32).